The van der Waals surface area contributed by atoms with E-state index in [1.807, 2.05) is 10.9 Å². The summed E-state index contributed by atoms with van der Waals surface area (Å²) in [6.45, 7) is 1.75. The highest BCUT2D eigenvalue weighted by molar-refractivity contribution is 9.10. The van der Waals surface area contributed by atoms with Gasteiger partial charge in [-0.05, 0) is 24.1 Å². The number of halogens is 1. The summed E-state index contributed by atoms with van der Waals surface area (Å²) in [6, 6.07) is 8.91. The lowest BCUT2D eigenvalue weighted by atomic mass is 10.0. The minimum absolute atomic E-state index is 0.436. The molecule has 4 nitrogen and oxygen atoms in total. The molecular weight excluding hydrogens is 280 g/mol. The summed E-state index contributed by atoms with van der Waals surface area (Å²) >= 11 is 3.45. The smallest absolute Gasteiger partial charge is 0.0738 e. The van der Waals surface area contributed by atoms with Crippen LogP contribution >= 0.6 is 15.9 Å². The molecule has 0 unspecified atom stereocenters. The quantitative estimate of drug-likeness (QED) is 0.917. The van der Waals surface area contributed by atoms with Gasteiger partial charge < -0.3 is 5.32 Å². The average molecular weight is 293 g/mol. The number of nitrogens with one attached hydrogen (secondary N) is 1. The van der Waals surface area contributed by atoms with E-state index in [0.717, 1.165) is 29.7 Å². The van der Waals surface area contributed by atoms with Crippen LogP contribution in [0.2, 0.25) is 0 Å². The van der Waals surface area contributed by atoms with Crippen LogP contribution in [0.4, 0.5) is 0 Å². The maximum Gasteiger partial charge on any atom is 0.0738 e. The highest BCUT2D eigenvalue weighted by atomic mass is 79.9. The Morgan fingerprint density at radius 1 is 1.35 bits per heavy atom. The van der Waals surface area contributed by atoms with Crippen molar-refractivity contribution < 1.29 is 0 Å². The standard InChI is InChI=1S/C12H13BrN4/c13-10-3-1-9(2-4-10)5-11-8-17-12(6-14-11)7-15-16-17/h1-4,7,11,14H,5-6,8H2/t11-/m1/s1. The zero-order valence-corrected chi connectivity index (χ0v) is 10.9. The first-order chi connectivity index (χ1) is 8.31. The zero-order chi connectivity index (χ0) is 11.7. The van der Waals surface area contributed by atoms with Gasteiger partial charge in [0, 0.05) is 17.1 Å². The van der Waals surface area contributed by atoms with E-state index in [2.05, 4.69) is 55.8 Å². The number of hydrogen-bond donors (Lipinski definition) is 1. The first-order valence-corrected chi connectivity index (χ1v) is 6.46. The van der Waals surface area contributed by atoms with Gasteiger partial charge in [0.25, 0.3) is 0 Å². The summed E-state index contributed by atoms with van der Waals surface area (Å²) in [5.41, 5.74) is 2.51. The lowest BCUT2D eigenvalue weighted by Crippen LogP contribution is -2.40. The van der Waals surface area contributed by atoms with Gasteiger partial charge in [0.1, 0.15) is 0 Å². The van der Waals surface area contributed by atoms with Crippen LogP contribution in [0.3, 0.4) is 0 Å². The lowest BCUT2D eigenvalue weighted by molar-refractivity contribution is 0.362. The van der Waals surface area contributed by atoms with E-state index < -0.39 is 0 Å². The normalized spacial score (nSPS) is 19.0. The van der Waals surface area contributed by atoms with E-state index in [9.17, 15) is 0 Å². The summed E-state index contributed by atoms with van der Waals surface area (Å²) in [5.74, 6) is 0. The summed E-state index contributed by atoms with van der Waals surface area (Å²) in [6.07, 6.45) is 2.84. The molecule has 1 aliphatic heterocycles. The van der Waals surface area contributed by atoms with Crippen LogP contribution in [0.25, 0.3) is 0 Å². The van der Waals surface area contributed by atoms with Crippen molar-refractivity contribution in [1.82, 2.24) is 20.3 Å². The fraction of sp³-hybridized carbons (Fsp3) is 0.333. The Hall–Kier alpha value is -1.20. The molecule has 0 aliphatic carbocycles. The van der Waals surface area contributed by atoms with E-state index in [4.69, 9.17) is 0 Å². The van der Waals surface area contributed by atoms with Crippen LogP contribution in [0, 0.1) is 0 Å². The molecule has 0 saturated heterocycles. The number of benzene rings is 1. The van der Waals surface area contributed by atoms with Gasteiger partial charge in [0.05, 0.1) is 18.4 Å². The molecule has 1 aliphatic rings. The maximum absolute atomic E-state index is 4.08. The molecule has 0 radical (unpaired) electrons. The van der Waals surface area contributed by atoms with Crippen LogP contribution in [0.5, 0.6) is 0 Å². The summed E-state index contributed by atoms with van der Waals surface area (Å²) < 4.78 is 3.11. The summed E-state index contributed by atoms with van der Waals surface area (Å²) in [5, 5.41) is 11.5. The first-order valence-electron chi connectivity index (χ1n) is 5.66. The zero-order valence-electron chi connectivity index (χ0n) is 9.31. The van der Waals surface area contributed by atoms with Gasteiger partial charge in [0.15, 0.2) is 0 Å². The van der Waals surface area contributed by atoms with Gasteiger partial charge in [-0.15, -0.1) is 5.10 Å². The van der Waals surface area contributed by atoms with Crippen molar-refractivity contribution in [3.05, 3.63) is 46.2 Å². The van der Waals surface area contributed by atoms with Gasteiger partial charge in [0.2, 0.25) is 0 Å². The van der Waals surface area contributed by atoms with E-state index in [0.29, 0.717) is 6.04 Å². The third kappa shape index (κ3) is 2.40. The minimum atomic E-state index is 0.436. The second kappa shape index (κ2) is 4.58. The molecule has 3 rings (SSSR count). The molecule has 1 atom stereocenters. The van der Waals surface area contributed by atoms with E-state index in [1.54, 1.807) is 0 Å². The molecule has 2 heterocycles. The molecular formula is C12H13BrN4. The van der Waals surface area contributed by atoms with E-state index in [1.165, 1.54) is 5.56 Å². The van der Waals surface area contributed by atoms with Crippen molar-refractivity contribution in [1.29, 1.82) is 0 Å². The average Bonchev–Trinajstić information content (AvgIpc) is 2.79. The van der Waals surface area contributed by atoms with Crippen LogP contribution < -0.4 is 5.32 Å². The lowest BCUT2D eigenvalue weighted by Gasteiger charge is -2.24. The molecule has 1 aromatic carbocycles. The molecule has 0 spiro atoms. The number of nitrogens with zero attached hydrogens (tertiary/aromatic N) is 3. The van der Waals surface area contributed by atoms with Gasteiger partial charge in [-0.25, -0.2) is 4.68 Å². The predicted octanol–water partition coefficient (Wildman–Crippen LogP) is 1.76. The maximum atomic E-state index is 4.08. The fourth-order valence-electron chi connectivity index (χ4n) is 2.13. The predicted molar refractivity (Wildman–Crippen MR) is 68.5 cm³/mol. The second-order valence-electron chi connectivity index (χ2n) is 4.32. The van der Waals surface area contributed by atoms with Gasteiger partial charge in [-0.1, -0.05) is 33.3 Å². The van der Waals surface area contributed by atoms with E-state index in [-0.39, 0.29) is 0 Å². The molecule has 2 aromatic rings. The Balaban J connectivity index is 1.69. The Morgan fingerprint density at radius 2 is 2.18 bits per heavy atom. The molecule has 17 heavy (non-hydrogen) atoms. The van der Waals surface area contributed by atoms with Crippen molar-refractivity contribution in [3.8, 4) is 0 Å². The van der Waals surface area contributed by atoms with Gasteiger partial charge >= 0.3 is 0 Å². The first kappa shape index (κ1) is 10.9. The number of fused-ring (bicyclic) bond motifs is 1. The number of rotatable bonds is 2. The second-order valence-corrected chi connectivity index (χ2v) is 5.23. The number of hydrogen-bond acceptors (Lipinski definition) is 3. The molecule has 1 aromatic heterocycles. The minimum Gasteiger partial charge on any atom is -0.306 e. The van der Waals surface area contributed by atoms with Crippen molar-refractivity contribution in [2.45, 2.75) is 25.6 Å². The van der Waals surface area contributed by atoms with Crippen LogP contribution in [0.15, 0.2) is 34.9 Å². The highest BCUT2D eigenvalue weighted by Gasteiger charge is 2.18. The third-order valence-electron chi connectivity index (χ3n) is 3.06. The van der Waals surface area contributed by atoms with Gasteiger partial charge in [-0.2, -0.15) is 0 Å². The molecule has 0 bridgehead atoms. The van der Waals surface area contributed by atoms with Crippen LogP contribution in [-0.4, -0.2) is 21.0 Å². The highest BCUT2D eigenvalue weighted by Crippen LogP contribution is 2.14. The largest absolute Gasteiger partial charge is 0.306 e. The summed E-state index contributed by atoms with van der Waals surface area (Å²) in [4.78, 5) is 0. The van der Waals surface area contributed by atoms with Crippen molar-refractivity contribution in [3.63, 3.8) is 0 Å². The molecule has 5 heteroatoms. The molecule has 0 saturated carbocycles. The Kier molecular flexibility index (Phi) is 2.94. The molecule has 0 amide bonds. The topological polar surface area (TPSA) is 42.7 Å². The van der Waals surface area contributed by atoms with E-state index >= 15 is 0 Å². The Morgan fingerprint density at radius 3 is 3.00 bits per heavy atom. The van der Waals surface area contributed by atoms with Crippen LogP contribution in [-0.2, 0) is 19.5 Å². The van der Waals surface area contributed by atoms with Crippen molar-refractivity contribution in [2.24, 2.45) is 0 Å². The third-order valence-corrected chi connectivity index (χ3v) is 3.59. The Bertz CT molecular complexity index is 505. The Labute approximate surface area is 108 Å². The molecule has 1 N–H and O–H groups in total. The van der Waals surface area contributed by atoms with Crippen molar-refractivity contribution in [2.75, 3.05) is 0 Å². The monoisotopic (exact) mass is 292 g/mol. The van der Waals surface area contributed by atoms with Crippen molar-refractivity contribution >= 4 is 15.9 Å². The fourth-order valence-corrected chi connectivity index (χ4v) is 2.40. The van der Waals surface area contributed by atoms with Crippen LogP contribution in [0.1, 0.15) is 11.3 Å². The SMILES string of the molecule is Brc1ccc(C[C@@H]2Cn3nncc3CN2)cc1. The summed E-state index contributed by atoms with van der Waals surface area (Å²) in [7, 11) is 0. The molecule has 88 valence electrons. The molecule has 0 fully saturated rings. The number of aromatic nitrogens is 3. The van der Waals surface area contributed by atoms with Gasteiger partial charge in [-0.3, -0.25) is 0 Å².